The van der Waals surface area contributed by atoms with Crippen molar-refractivity contribution in [1.29, 1.82) is 0 Å². The van der Waals surface area contributed by atoms with E-state index in [-0.39, 0.29) is 0 Å². The topological polar surface area (TPSA) is 21.3 Å². The first-order chi connectivity index (χ1) is 7.34. The van der Waals surface area contributed by atoms with E-state index in [1.165, 1.54) is 18.4 Å². The van der Waals surface area contributed by atoms with Gasteiger partial charge >= 0.3 is 0 Å². The van der Waals surface area contributed by atoms with E-state index in [4.69, 9.17) is 4.74 Å². The lowest BCUT2D eigenvalue weighted by Crippen LogP contribution is -2.19. The van der Waals surface area contributed by atoms with Crippen molar-refractivity contribution in [3.63, 3.8) is 0 Å². The quantitative estimate of drug-likeness (QED) is 0.720. The van der Waals surface area contributed by atoms with E-state index in [1.54, 1.807) is 0 Å². The van der Waals surface area contributed by atoms with Gasteiger partial charge in [-0.1, -0.05) is 12.1 Å². The van der Waals surface area contributed by atoms with Crippen LogP contribution in [-0.4, -0.2) is 19.2 Å². The lowest BCUT2D eigenvalue weighted by molar-refractivity contribution is 0.308. The number of rotatable bonds is 6. The van der Waals surface area contributed by atoms with E-state index in [0.29, 0.717) is 0 Å². The summed E-state index contributed by atoms with van der Waals surface area (Å²) in [6.07, 6.45) is 3.81. The van der Waals surface area contributed by atoms with Gasteiger partial charge in [-0.3, -0.25) is 0 Å². The summed E-state index contributed by atoms with van der Waals surface area (Å²) >= 11 is 0. The highest BCUT2D eigenvalue weighted by Crippen LogP contribution is 2.18. The number of hydrogen-bond acceptors (Lipinski definition) is 2. The molecule has 82 valence electrons. The summed E-state index contributed by atoms with van der Waals surface area (Å²) in [6, 6.07) is 9.02. The highest BCUT2D eigenvalue weighted by atomic mass is 16.5. The zero-order chi connectivity index (χ0) is 10.5. The van der Waals surface area contributed by atoms with Crippen LogP contribution >= 0.6 is 0 Å². The van der Waals surface area contributed by atoms with Gasteiger partial charge in [0, 0.05) is 6.04 Å². The van der Waals surface area contributed by atoms with Gasteiger partial charge in [-0.15, -0.1) is 0 Å². The number of hydrogen-bond donors (Lipinski definition) is 1. The first kappa shape index (κ1) is 10.5. The molecular formula is C13H19NO. The van der Waals surface area contributed by atoms with Crippen LogP contribution < -0.4 is 10.1 Å². The summed E-state index contributed by atoms with van der Waals surface area (Å²) in [5.74, 6) is 0.987. The highest BCUT2D eigenvalue weighted by molar-refractivity contribution is 5.27. The van der Waals surface area contributed by atoms with Crippen LogP contribution in [0.3, 0.4) is 0 Å². The van der Waals surface area contributed by atoms with Crippen LogP contribution in [0.25, 0.3) is 0 Å². The van der Waals surface area contributed by atoms with Gasteiger partial charge in [0.15, 0.2) is 0 Å². The zero-order valence-corrected chi connectivity index (χ0v) is 9.33. The van der Waals surface area contributed by atoms with Crippen molar-refractivity contribution in [3.8, 4) is 5.75 Å². The van der Waals surface area contributed by atoms with Gasteiger partial charge in [0.05, 0.1) is 6.61 Å². The number of nitrogens with one attached hydrogen (secondary N) is 1. The van der Waals surface area contributed by atoms with Crippen LogP contribution in [0.2, 0.25) is 0 Å². The fourth-order valence-corrected chi connectivity index (χ4v) is 1.56. The molecule has 0 aromatic heterocycles. The zero-order valence-electron chi connectivity index (χ0n) is 9.33. The van der Waals surface area contributed by atoms with Crippen LogP contribution in [-0.2, 0) is 0 Å². The lowest BCUT2D eigenvalue weighted by atomic mass is 10.2. The van der Waals surface area contributed by atoms with Crippen LogP contribution in [0.1, 0.15) is 24.8 Å². The molecule has 1 N–H and O–H groups in total. The van der Waals surface area contributed by atoms with Gasteiger partial charge in [-0.2, -0.15) is 0 Å². The Morgan fingerprint density at radius 3 is 3.00 bits per heavy atom. The smallest absolute Gasteiger partial charge is 0.119 e. The predicted octanol–water partition coefficient (Wildman–Crippen LogP) is 2.52. The Labute approximate surface area is 91.6 Å². The maximum absolute atomic E-state index is 5.65. The minimum atomic E-state index is 0.809. The third-order valence-corrected chi connectivity index (χ3v) is 2.59. The van der Waals surface area contributed by atoms with Gasteiger partial charge < -0.3 is 10.1 Å². The summed E-state index contributed by atoms with van der Waals surface area (Å²) in [5, 5.41) is 3.47. The molecule has 15 heavy (non-hydrogen) atoms. The Kier molecular flexibility index (Phi) is 3.62. The monoisotopic (exact) mass is 205 g/mol. The highest BCUT2D eigenvalue weighted by Gasteiger charge is 2.19. The second-order valence-electron chi connectivity index (χ2n) is 4.25. The van der Waals surface area contributed by atoms with E-state index >= 15 is 0 Å². The van der Waals surface area contributed by atoms with E-state index in [1.807, 2.05) is 12.1 Å². The molecule has 0 unspecified atom stereocenters. The minimum absolute atomic E-state index is 0.809. The molecule has 1 aliphatic rings. The van der Waals surface area contributed by atoms with Crippen molar-refractivity contribution >= 4 is 0 Å². The largest absolute Gasteiger partial charge is 0.494 e. The second kappa shape index (κ2) is 5.17. The Morgan fingerprint density at radius 2 is 2.27 bits per heavy atom. The first-order valence-corrected chi connectivity index (χ1v) is 5.77. The van der Waals surface area contributed by atoms with Crippen molar-refractivity contribution in [2.24, 2.45) is 0 Å². The Morgan fingerprint density at radius 1 is 1.40 bits per heavy atom. The molecule has 1 fully saturated rings. The van der Waals surface area contributed by atoms with Gasteiger partial charge in [-0.25, -0.2) is 0 Å². The molecule has 1 aliphatic carbocycles. The standard InChI is InChI=1S/C13H19NO/c1-11-4-2-5-13(10-11)15-9-3-8-14-12-6-7-12/h2,4-5,10,12,14H,3,6-9H2,1H3. The lowest BCUT2D eigenvalue weighted by Gasteiger charge is -2.07. The van der Waals surface area contributed by atoms with Gasteiger partial charge in [-0.05, 0) is 50.4 Å². The normalized spacial score (nSPS) is 15.3. The number of ether oxygens (including phenoxy) is 1. The minimum Gasteiger partial charge on any atom is -0.494 e. The van der Waals surface area contributed by atoms with Crippen LogP contribution in [0, 0.1) is 6.92 Å². The van der Waals surface area contributed by atoms with Crippen molar-refractivity contribution in [2.75, 3.05) is 13.2 Å². The molecule has 2 nitrogen and oxygen atoms in total. The molecule has 0 aliphatic heterocycles. The van der Waals surface area contributed by atoms with Crippen LogP contribution in [0.4, 0.5) is 0 Å². The summed E-state index contributed by atoms with van der Waals surface area (Å²) in [4.78, 5) is 0. The van der Waals surface area contributed by atoms with Gasteiger partial charge in [0.25, 0.3) is 0 Å². The molecule has 1 aromatic carbocycles. The fourth-order valence-electron chi connectivity index (χ4n) is 1.56. The van der Waals surface area contributed by atoms with Crippen molar-refractivity contribution in [2.45, 2.75) is 32.2 Å². The molecule has 0 bridgehead atoms. The van der Waals surface area contributed by atoms with Crippen molar-refractivity contribution < 1.29 is 4.74 Å². The van der Waals surface area contributed by atoms with E-state index < -0.39 is 0 Å². The Bertz CT molecular complexity index is 307. The Balaban J connectivity index is 1.60. The van der Waals surface area contributed by atoms with E-state index in [9.17, 15) is 0 Å². The third kappa shape index (κ3) is 3.92. The maximum Gasteiger partial charge on any atom is 0.119 e. The van der Waals surface area contributed by atoms with Crippen LogP contribution in [0.5, 0.6) is 5.75 Å². The molecule has 0 heterocycles. The van der Waals surface area contributed by atoms with Gasteiger partial charge in [0.2, 0.25) is 0 Å². The Hall–Kier alpha value is -1.02. The molecule has 0 spiro atoms. The molecular weight excluding hydrogens is 186 g/mol. The first-order valence-electron chi connectivity index (χ1n) is 5.77. The summed E-state index contributed by atoms with van der Waals surface area (Å²) in [5.41, 5.74) is 1.25. The van der Waals surface area contributed by atoms with Crippen LogP contribution in [0.15, 0.2) is 24.3 Å². The average Bonchev–Trinajstić information content (AvgIpc) is 3.01. The van der Waals surface area contributed by atoms with Gasteiger partial charge in [0.1, 0.15) is 5.75 Å². The molecule has 0 saturated heterocycles. The fraction of sp³-hybridized carbons (Fsp3) is 0.538. The molecule has 1 aromatic rings. The van der Waals surface area contributed by atoms with Crippen molar-refractivity contribution in [1.82, 2.24) is 5.32 Å². The van der Waals surface area contributed by atoms with E-state index in [0.717, 1.165) is 31.4 Å². The van der Waals surface area contributed by atoms with E-state index in [2.05, 4.69) is 24.4 Å². The number of benzene rings is 1. The second-order valence-corrected chi connectivity index (χ2v) is 4.25. The predicted molar refractivity (Wildman–Crippen MR) is 62.3 cm³/mol. The maximum atomic E-state index is 5.65. The summed E-state index contributed by atoms with van der Waals surface area (Å²) < 4.78 is 5.65. The SMILES string of the molecule is Cc1cccc(OCCCNC2CC2)c1. The number of aryl methyl sites for hydroxylation is 1. The molecule has 0 amide bonds. The summed E-state index contributed by atoms with van der Waals surface area (Å²) in [6.45, 7) is 3.97. The molecule has 2 heteroatoms. The molecule has 0 radical (unpaired) electrons. The average molecular weight is 205 g/mol. The molecule has 2 rings (SSSR count). The molecule has 0 atom stereocenters. The molecule has 1 saturated carbocycles. The summed E-state index contributed by atoms with van der Waals surface area (Å²) in [7, 11) is 0. The van der Waals surface area contributed by atoms with Crippen molar-refractivity contribution in [3.05, 3.63) is 29.8 Å². The third-order valence-electron chi connectivity index (χ3n) is 2.59.